The van der Waals surface area contributed by atoms with Crippen LogP contribution < -0.4 is 14.4 Å². The van der Waals surface area contributed by atoms with Gasteiger partial charge >= 0.3 is 6.01 Å². The third-order valence-corrected chi connectivity index (χ3v) is 5.63. The smallest absolute Gasteiger partial charge is 0.316 e. The molecule has 0 unspecified atom stereocenters. The van der Waals surface area contributed by atoms with E-state index in [1.165, 1.54) is 0 Å². The van der Waals surface area contributed by atoms with Crippen LogP contribution in [0.3, 0.4) is 0 Å². The highest BCUT2D eigenvalue weighted by molar-refractivity contribution is 5.85. The maximum absolute atomic E-state index is 6.45. The van der Waals surface area contributed by atoms with Gasteiger partial charge in [0.1, 0.15) is 17.4 Å². The van der Waals surface area contributed by atoms with E-state index in [4.69, 9.17) is 14.2 Å². The highest BCUT2D eigenvalue weighted by Gasteiger charge is 2.25. The number of hydrogen-bond acceptors (Lipinski definition) is 8. The standard InChI is InChI=1S/C22H25N5O3/c1-6-25-22(26-7-1)30-18-4-2-17(3-5-18)29-20-15-16(27-10-12-28-13-11-27)14-19-21(20)24-9-8-23-19/h1,6-9,14-15,17-18H,2-5,10-13H2. The molecule has 1 saturated carbocycles. The number of rotatable bonds is 5. The van der Waals surface area contributed by atoms with Crippen molar-refractivity contribution in [1.82, 2.24) is 19.9 Å². The molecular formula is C22H25N5O3. The fourth-order valence-electron chi connectivity index (χ4n) is 4.07. The zero-order chi connectivity index (χ0) is 20.2. The number of nitrogens with zero attached hydrogens (tertiary/aromatic N) is 5. The number of aromatic nitrogens is 4. The summed E-state index contributed by atoms with van der Waals surface area (Å²) in [7, 11) is 0. The Kier molecular flexibility index (Phi) is 5.56. The molecule has 2 aliphatic rings. The molecule has 2 fully saturated rings. The van der Waals surface area contributed by atoms with E-state index in [2.05, 4.69) is 37.0 Å². The molecule has 0 atom stereocenters. The number of fused-ring (bicyclic) bond motifs is 1. The Bertz CT molecular complexity index is 973. The third-order valence-electron chi connectivity index (χ3n) is 5.63. The van der Waals surface area contributed by atoms with Crippen LogP contribution >= 0.6 is 0 Å². The van der Waals surface area contributed by atoms with Gasteiger partial charge in [0.2, 0.25) is 0 Å². The maximum Gasteiger partial charge on any atom is 0.316 e. The van der Waals surface area contributed by atoms with Crippen LogP contribution in [0.15, 0.2) is 43.0 Å². The van der Waals surface area contributed by atoms with E-state index in [1.807, 2.05) is 0 Å². The molecule has 0 radical (unpaired) electrons. The summed E-state index contributed by atoms with van der Waals surface area (Å²) in [6, 6.07) is 6.42. The summed E-state index contributed by atoms with van der Waals surface area (Å²) in [6.07, 6.45) is 10.8. The average molecular weight is 407 g/mol. The topological polar surface area (TPSA) is 82.5 Å². The highest BCUT2D eigenvalue weighted by Crippen LogP contribution is 2.33. The zero-order valence-corrected chi connectivity index (χ0v) is 16.8. The first-order chi connectivity index (χ1) is 14.8. The minimum absolute atomic E-state index is 0.128. The SMILES string of the molecule is c1cnc(OC2CCC(Oc3cc(N4CCOCC4)cc4nccnc34)CC2)nc1. The van der Waals surface area contributed by atoms with Crippen molar-refractivity contribution >= 4 is 16.7 Å². The molecule has 3 aromatic rings. The molecule has 1 aromatic carbocycles. The van der Waals surface area contributed by atoms with Crippen LogP contribution in [-0.4, -0.2) is 58.4 Å². The van der Waals surface area contributed by atoms with Crippen LogP contribution in [0, 0.1) is 0 Å². The monoisotopic (exact) mass is 407 g/mol. The number of hydrogen-bond donors (Lipinski definition) is 0. The Hall–Kier alpha value is -3.00. The van der Waals surface area contributed by atoms with Gasteiger partial charge in [0.05, 0.1) is 24.8 Å². The van der Waals surface area contributed by atoms with Gasteiger partial charge < -0.3 is 19.1 Å². The van der Waals surface area contributed by atoms with E-state index in [0.717, 1.165) is 74.5 Å². The van der Waals surface area contributed by atoms with Gasteiger partial charge in [-0.1, -0.05) is 0 Å². The molecule has 0 spiro atoms. The van der Waals surface area contributed by atoms with E-state index < -0.39 is 0 Å². The van der Waals surface area contributed by atoms with Gasteiger partial charge in [-0.2, -0.15) is 0 Å². The zero-order valence-electron chi connectivity index (χ0n) is 16.8. The molecule has 2 aromatic heterocycles. The summed E-state index contributed by atoms with van der Waals surface area (Å²) in [4.78, 5) is 19.7. The predicted octanol–water partition coefficient (Wildman–Crippen LogP) is 3.03. The molecule has 0 bridgehead atoms. The maximum atomic E-state index is 6.45. The summed E-state index contributed by atoms with van der Waals surface area (Å²) in [5.41, 5.74) is 2.78. The van der Waals surface area contributed by atoms with Gasteiger partial charge in [-0.25, -0.2) is 15.0 Å². The molecule has 1 saturated heterocycles. The van der Waals surface area contributed by atoms with Crippen molar-refractivity contribution in [2.24, 2.45) is 0 Å². The van der Waals surface area contributed by atoms with Gasteiger partial charge in [0.25, 0.3) is 0 Å². The first-order valence-corrected chi connectivity index (χ1v) is 10.5. The van der Waals surface area contributed by atoms with E-state index in [9.17, 15) is 0 Å². The van der Waals surface area contributed by atoms with E-state index >= 15 is 0 Å². The summed E-state index contributed by atoms with van der Waals surface area (Å²) in [5, 5.41) is 0. The van der Waals surface area contributed by atoms with E-state index in [-0.39, 0.29) is 12.2 Å². The second-order valence-corrected chi connectivity index (χ2v) is 7.63. The Labute approximate surface area is 175 Å². The second-order valence-electron chi connectivity index (χ2n) is 7.63. The second kappa shape index (κ2) is 8.79. The molecule has 1 aliphatic carbocycles. The minimum atomic E-state index is 0.128. The van der Waals surface area contributed by atoms with Crippen molar-refractivity contribution in [2.45, 2.75) is 37.9 Å². The largest absolute Gasteiger partial charge is 0.488 e. The van der Waals surface area contributed by atoms with Gasteiger partial charge in [-0.05, 0) is 37.8 Å². The fourth-order valence-corrected chi connectivity index (χ4v) is 4.07. The van der Waals surface area contributed by atoms with Crippen molar-refractivity contribution < 1.29 is 14.2 Å². The molecule has 3 heterocycles. The molecule has 5 rings (SSSR count). The van der Waals surface area contributed by atoms with Crippen molar-refractivity contribution in [2.75, 3.05) is 31.2 Å². The lowest BCUT2D eigenvalue weighted by Crippen LogP contribution is -2.36. The van der Waals surface area contributed by atoms with E-state index in [1.54, 1.807) is 30.9 Å². The number of ether oxygens (including phenoxy) is 3. The van der Waals surface area contributed by atoms with Crippen molar-refractivity contribution in [1.29, 1.82) is 0 Å². The molecule has 156 valence electrons. The predicted molar refractivity (Wildman–Crippen MR) is 112 cm³/mol. The molecule has 1 aliphatic heterocycles. The minimum Gasteiger partial charge on any atom is -0.488 e. The van der Waals surface area contributed by atoms with Gasteiger partial charge in [-0.3, -0.25) is 4.98 Å². The summed E-state index contributed by atoms with van der Waals surface area (Å²) >= 11 is 0. The van der Waals surface area contributed by atoms with Crippen LogP contribution in [0.2, 0.25) is 0 Å². The van der Waals surface area contributed by atoms with Crippen molar-refractivity contribution in [3.63, 3.8) is 0 Å². The average Bonchev–Trinajstić information content (AvgIpc) is 2.81. The van der Waals surface area contributed by atoms with Gasteiger partial charge in [0.15, 0.2) is 0 Å². The first kappa shape index (κ1) is 19.0. The Morgan fingerprint density at radius 2 is 1.50 bits per heavy atom. The number of benzene rings is 1. The van der Waals surface area contributed by atoms with Crippen molar-refractivity contribution in [3.05, 3.63) is 43.0 Å². The van der Waals surface area contributed by atoms with Crippen LogP contribution in [0.1, 0.15) is 25.7 Å². The fraction of sp³-hybridized carbons (Fsp3) is 0.455. The van der Waals surface area contributed by atoms with Crippen LogP contribution in [0.4, 0.5) is 5.69 Å². The molecule has 8 heteroatoms. The number of morpholine rings is 1. The van der Waals surface area contributed by atoms with Crippen LogP contribution in [-0.2, 0) is 4.74 Å². The number of anilines is 1. The highest BCUT2D eigenvalue weighted by atomic mass is 16.5. The molecule has 0 N–H and O–H groups in total. The third kappa shape index (κ3) is 4.28. The lowest BCUT2D eigenvalue weighted by atomic mass is 9.95. The molecule has 8 nitrogen and oxygen atoms in total. The van der Waals surface area contributed by atoms with E-state index in [0.29, 0.717) is 6.01 Å². The van der Waals surface area contributed by atoms with Crippen LogP contribution in [0.5, 0.6) is 11.8 Å². The Morgan fingerprint density at radius 3 is 2.27 bits per heavy atom. The normalized spacial score (nSPS) is 22.1. The van der Waals surface area contributed by atoms with Crippen molar-refractivity contribution in [3.8, 4) is 11.8 Å². The summed E-state index contributed by atoms with van der Waals surface area (Å²) in [6.45, 7) is 3.22. The lowest BCUT2D eigenvalue weighted by Gasteiger charge is -2.31. The molecule has 30 heavy (non-hydrogen) atoms. The Morgan fingerprint density at radius 1 is 0.800 bits per heavy atom. The lowest BCUT2D eigenvalue weighted by molar-refractivity contribution is 0.0757. The quantitative estimate of drug-likeness (QED) is 0.638. The van der Waals surface area contributed by atoms with Gasteiger partial charge in [0, 0.05) is 49.6 Å². The first-order valence-electron chi connectivity index (χ1n) is 10.5. The molecular weight excluding hydrogens is 382 g/mol. The summed E-state index contributed by atoms with van der Waals surface area (Å²) < 4.78 is 17.8. The summed E-state index contributed by atoms with van der Waals surface area (Å²) in [5.74, 6) is 0.804. The van der Waals surface area contributed by atoms with Gasteiger partial charge in [-0.15, -0.1) is 0 Å². The molecule has 0 amide bonds. The van der Waals surface area contributed by atoms with Crippen LogP contribution in [0.25, 0.3) is 11.0 Å². The Balaban J connectivity index is 1.29.